The highest BCUT2D eigenvalue weighted by Crippen LogP contribution is 2.78. The van der Waals surface area contributed by atoms with E-state index in [1.807, 2.05) is 0 Å². The van der Waals surface area contributed by atoms with Crippen molar-refractivity contribution in [3.8, 4) is 0 Å². The first-order valence-corrected chi connectivity index (χ1v) is 11.9. The molecular weight excluding hydrogens is 316 g/mol. The molecule has 0 heterocycles. The minimum Gasteiger partial charge on any atom is -1.00 e. The van der Waals surface area contributed by atoms with Gasteiger partial charge in [0.1, 0.15) is 0 Å². The third-order valence-corrected chi connectivity index (χ3v) is 13.6. The van der Waals surface area contributed by atoms with Gasteiger partial charge in [-0.2, -0.15) is 0 Å². The van der Waals surface area contributed by atoms with E-state index in [0.29, 0.717) is 0 Å². The molecule has 23 heavy (non-hydrogen) atoms. The highest BCUT2D eigenvalue weighted by atomic mass is 31.2. The average molecular weight is 354 g/mol. The Kier molecular flexibility index (Phi) is 11.1. The van der Waals surface area contributed by atoms with Crippen molar-refractivity contribution in [3.63, 3.8) is 0 Å². The SMILES string of the molecule is CCCC[P+](C1CCCC1)(C1CCCC1)C1CCCC1.[F-].[F-].[F-].[H+].[H+]. The summed E-state index contributed by atoms with van der Waals surface area (Å²) < 4.78 is 0. The third kappa shape index (κ3) is 4.65. The van der Waals surface area contributed by atoms with Crippen molar-refractivity contribution < 1.29 is 17.0 Å². The van der Waals surface area contributed by atoms with Crippen LogP contribution in [0, 0.1) is 0 Å². The van der Waals surface area contributed by atoms with Gasteiger partial charge < -0.3 is 14.1 Å². The molecule has 0 radical (unpaired) electrons. The van der Waals surface area contributed by atoms with Gasteiger partial charge in [0.2, 0.25) is 0 Å². The van der Waals surface area contributed by atoms with Crippen molar-refractivity contribution in [2.75, 3.05) is 6.16 Å². The predicted octanol–water partition coefficient (Wildman–Crippen LogP) is -2.13. The van der Waals surface area contributed by atoms with E-state index in [0.717, 1.165) is 0 Å². The van der Waals surface area contributed by atoms with E-state index in [1.165, 1.54) is 23.4 Å². The van der Waals surface area contributed by atoms with Crippen molar-refractivity contribution in [2.24, 2.45) is 0 Å². The quantitative estimate of drug-likeness (QED) is 0.478. The Bertz CT molecular complexity index is 262. The Labute approximate surface area is 145 Å². The summed E-state index contributed by atoms with van der Waals surface area (Å²) in [5.41, 5.74) is 3.67. The molecule has 3 rings (SSSR count). The third-order valence-electron chi connectivity index (χ3n) is 6.91. The zero-order valence-corrected chi connectivity index (χ0v) is 15.8. The molecule has 0 spiro atoms. The van der Waals surface area contributed by atoms with Gasteiger partial charge in [-0.1, -0.05) is 13.3 Å². The van der Waals surface area contributed by atoms with Gasteiger partial charge in [-0.25, -0.2) is 0 Å². The molecule has 0 saturated heterocycles. The summed E-state index contributed by atoms with van der Waals surface area (Å²) >= 11 is 0. The van der Waals surface area contributed by atoms with Crippen molar-refractivity contribution in [3.05, 3.63) is 0 Å². The lowest BCUT2D eigenvalue weighted by molar-refractivity contribution is -0.00100. The van der Waals surface area contributed by atoms with Crippen LogP contribution < -0.4 is 14.1 Å². The minimum atomic E-state index is -0.656. The van der Waals surface area contributed by atoms with Crippen LogP contribution >= 0.6 is 7.26 Å². The molecule has 3 aliphatic rings. The number of hydrogen-bond donors (Lipinski definition) is 0. The van der Waals surface area contributed by atoms with Gasteiger partial charge >= 0.3 is 2.85 Å². The molecule has 0 nitrogen and oxygen atoms in total. The molecule has 0 unspecified atom stereocenters. The summed E-state index contributed by atoms with van der Waals surface area (Å²) in [4.78, 5) is 0. The van der Waals surface area contributed by atoms with Crippen LogP contribution in [0.5, 0.6) is 0 Å². The summed E-state index contributed by atoms with van der Waals surface area (Å²) in [6.45, 7) is 2.42. The smallest absolute Gasteiger partial charge is 1.00 e. The Morgan fingerprint density at radius 2 is 0.957 bits per heavy atom. The lowest BCUT2D eigenvalue weighted by atomic mass is 10.3. The van der Waals surface area contributed by atoms with Gasteiger partial charge in [0, 0.05) is 7.26 Å². The van der Waals surface area contributed by atoms with Crippen LogP contribution in [0.3, 0.4) is 0 Å². The first-order valence-electron chi connectivity index (χ1n) is 9.75. The van der Waals surface area contributed by atoms with Crippen molar-refractivity contribution in [1.82, 2.24) is 0 Å². The van der Waals surface area contributed by atoms with E-state index in [-0.39, 0.29) is 17.0 Å². The van der Waals surface area contributed by atoms with Gasteiger partial charge in [0.15, 0.2) is 0 Å². The van der Waals surface area contributed by atoms with E-state index >= 15 is 0 Å². The average Bonchev–Trinajstić information content (AvgIpc) is 3.23. The summed E-state index contributed by atoms with van der Waals surface area (Å²) in [5, 5.41) is 0. The number of rotatable bonds is 6. The fraction of sp³-hybridized carbons (Fsp3) is 1.00. The maximum Gasteiger partial charge on any atom is 1.00 e. The molecule has 0 bridgehead atoms. The van der Waals surface area contributed by atoms with Crippen LogP contribution in [0.4, 0.5) is 0 Å². The molecule has 0 aromatic heterocycles. The topological polar surface area (TPSA) is 0 Å². The molecule has 4 heteroatoms. The molecular formula is C19H38F3P. The van der Waals surface area contributed by atoms with Gasteiger partial charge in [0.25, 0.3) is 0 Å². The molecule has 140 valence electrons. The van der Waals surface area contributed by atoms with Crippen molar-refractivity contribution >= 4 is 7.26 Å². The van der Waals surface area contributed by atoms with Gasteiger partial charge in [0.05, 0.1) is 23.1 Å². The van der Waals surface area contributed by atoms with Crippen LogP contribution in [0.25, 0.3) is 0 Å². The van der Waals surface area contributed by atoms with Crippen LogP contribution in [-0.4, -0.2) is 23.1 Å². The second kappa shape index (κ2) is 11.0. The summed E-state index contributed by atoms with van der Waals surface area (Å²) in [7, 11) is -0.656. The largest absolute Gasteiger partial charge is 1.00 e. The number of unbranched alkanes of at least 4 members (excludes halogenated alkanes) is 1. The highest BCUT2D eigenvalue weighted by Gasteiger charge is 2.57. The number of halogens is 3. The van der Waals surface area contributed by atoms with Crippen LogP contribution in [-0.2, 0) is 0 Å². The van der Waals surface area contributed by atoms with Crippen LogP contribution in [0.15, 0.2) is 0 Å². The maximum atomic E-state index is 2.42. The second-order valence-corrected chi connectivity index (χ2v) is 12.5. The van der Waals surface area contributed by atoms with E-state index in [2.05, 4.69) is 6.92 Å². The second-order valence-electron chi connectivity index (χ2n) is 7.89. The highest BCUT2D eigenvalue weighted by molar-refractivity contribution is 7.77. The molecule has 0 aliphatic heterocycles. The van der Waals surface area contributed by atoms with Crippen molar-refractivity contribution in [2.45, 2.75) is 114 Å². The Morgan fingerprint density at radius 1 is 0.652 bits per heavy atom. The van der Waals surface area contributed by atoms with Crippen LogP contribution in [0.2, 0.25) is 0 Å². The standard InChI is InChI=1S/C19H36P.3FH/c1-2-3-16-20(17-10-4-5-11-17,18-12-6-7-13-18)19-14-8-9-15-19;;;/h17-19H,2-16H2,1H3;3*1H/q+1;;;/p-1. The van der Waals surface area contributed by atoms with Crippen LogP contribution in [0.1, 0.15) is 99.7 Å². The number of hydrogen-bond acceptors (Lipinski definition) is 0. The lowest BCUT2D eigenvalue weighted by Gasteiger charge is -2.42. The zero-order chi connectivity index (χ0) is 13.8. The predicted molar refractivity (Wildman–Crippen MR) is 95.7 cm³/mol. The maximum absolute atomic E-state index is 2.42. The fourth-order valence-electron chi connectivity index (χ4n) is 6.03. The molecule has 0 atom stereocenters. The van der Waals surface area contributed by atoms with E-state index < -0.39 is 7.26 Å². The molecule has 0 aromatic rings. The van der Waals surface area contributed by atoms with Gasteiger partial charge in [-0.05, 0) is 83.5 Å². The molecule has 3 saturated carbocycles. The molecule has 0 aromatic carbocycles. The van der Waals surface area contributed by atoms with E-state index in [9.17, 15) is 0 Å². The van der Waals surface area contributed by atoms with Gasteiger partial charge in [-0.15, -0.1) is 0 Å². The Morgan fingerprint density at radius 3 is 1.22 bits per heavy atom. The molecule has 0 N–H and O–H groups in total. The normalized spacial score (nSPS) is 23.3. The Hall–Kier alpha value is 0.220. The first kappa shape index (κ1) is 23.2. The monoisotopic (exact) mass is 354 g/mol. The van der Waals surface area contributed by atoms with E-state index in [1.54, 1.807) is 89.6 Å². The zero-order valence-electron chi connectivity index (χ0n) is 16.9. The summed E-state index contributed by atoms with van der Waals surface area (Å²) in [5.74, 6) is 0. The molecule has 3 fully saturated rings. The summed E-state index contributed by atoms with van der Waals surface area (Å²) in [6, 6.07) is 0. The lowest BCUT2D eigenvalue weighted by Crippen LogP contribution is -3.00. The molecule has 0 amide bonds. The minimum absolute atomic E-state index is 0. The molecule has 3 aliphatic carbocycles. The van der Waals surface area contributed by atoms with Gasteiger partial charge in [-0.3, -0.25) is 0 Å². The van der Waals surface area contributed by atoms with Crippen molar-refractivity contribution in [1.29, 1.82) is 0 Å². The Balaban J connectivity index is -0.000000968. The first-order chi connectivity index (χ1) is 9.88. The fourth-order valence-corrected chi connectivity index (χ4v) is 13.8. The summed E-state index contributed by atoms with van der Waals surface area (Å²) in [6.07, 6.45) is 23.9. The van der Waals surface area contributed by atoms with E-state index in [4.69, 9.17) is 0 Å².